The average molecular weight is 430 g/mol. The largest absolute Gasteiger partial charge is 0.353 e. The first-order valence-corrected chi connectivity index (χ1v) is 12.4. The van der Waals surface area contributed by atoms with Gasteiger partial charge in [0.2, 0.25) is 5.91 Å². The topological polar surface area (TPSA) is 37.3 Å². The Balaban J connectivity index is 1.23. The van der Waals surface area contributed by atoms with Gasteiger partial charge in [-0.2, -0.15) is 0 Å². The van der Waals surface area contributed by atoms with E-state index in [-0.39, 0.29) is 5.92 Å². The van der Waals surface area contributed by atoms with Gasteiger partial charge in [0.1, 0.15) is 0 Å². The monoisotopic (exact) mass is 429 g/mol. The average Bonchev–Trinajstić information content (AvgIpc) is 3.17. The lowest BCUT2D eigenvalue weighted by Gasteiger charge is -2.33. The van der Waals surface area contributed by atoms with Crippen molar-refractivity contribution in [2.24, 2.45) is 5.92 Å². The zero-order valence-corrected chi connectivity index (χ0v) is 19.0. The Labute approximate surface area is 191 Å². The molecular formula is C28H35N3O. The fraction of sp³-hybridized carbons (Fsp3) is 0.464. The number of benzene rings is 2. The van der Waals surface area contributed by atoms with Gasteiger partial charge in [-0.05, 0) is 61.9 Å². The molecule has 3 aromatic rings. The standard InChI is InChI=1S/C28H35N3O/c32-28(29-25-12-5-2-6-13-25)23-15-17-30(18-16-23)21-26-19-24-11-7-8-14-27(24)31(26)20-22-9-3-1-4-10-22/h1,3-4,7-11,14,19,23,25H,2,5-6,12-13,15-18,20-21H2,(H,29,32). The molecule has 4 nitrogen and oxygen atoms in total. The van der Waals surface area contributed by atoms with Crippen LogP contribution in [0.4, 0.5) is 0 Å². The number of hydrogen-bond donors (Lipinski definition) is 1. The van der Waals surface area contributed by atoms with Gasteiger partial charge >= 0.3 is 0 Å². The lowest BCUT2D eigenvalue weighted by Crippen LogP contribution is -2.44. The molecule has 1 saturated heterocycles. The number of nitrogens with one attached hydrogen (secondary N) is 1. The molecule has 0 spiro atoms. The van der Waals surface area contributed by atoms with E-state index in [0.29, 0.717) is 11.9 Å². The maximum atomic E-state index is 12.8. The number of para-hydroxylation sites is 1. The van der Waals surface area contributed by atoms with Crippen LogP contribution >= 0.6 is 0 Å². The highest BCUT2D eigenvalue weighted by atomic mass is 16.1. The van der Waals surface area contributed by atoms with E-state index in [1.807, 2.05) is 0 Å². The summed E-state index contributed by atoms with van der Waals surface area (Å²) in [5.41, 5.74) is 3.99. The number of carbonyl (C=O) groups is 1. The summed E-state index contributed by atoms with van der Waals surface area (Å²) >= 11 is 0. The number of carbonyl (C=O) groups excluding carboxylic acids is 1. The van der Waals surface area contributed by atoms with E-state index in [1.54, 1.807) is 0 Å². The summed E-state index contributed by atoms with van der Waals surface area (Å²) in [5, 5.41) is 4.65. The molecule has 168 valence electrons. The van der Waals surface area contributed by atoms with E-state index in [1.165, 1.54) is 41.4 Å². The quantitative estimate of drug-likeness (QED) is 0.573. The van der Waals surface area contributed by atoms with E-state index in [0.717, 1.165) is 51.9 Å². The second kappa shape index (κ2) is 9.91. The maximum Gasteiger partial charge on any atom is 0.223 e. The second-order valence-corrected chi connectivity index (χ2v) is 9.66. The minimum absolute atomic E-state index is 0.184. The van der Waals surface area contributed by atoms with E-state index in [2.05, 4.69) is 75.4 Å². The summed E-state index contributed by atoms with van der Waals surface area (Å²) in [6.07, 6.45) is 8.12. The van der Waals surface area contributed by atoms with Gasteiger partial charge in [-0.25, -0.2) is 0 Å². The van der Waals surface area contributed by atoms with Gasteiger partial charge in [0, 0.05) is 36.3 Å². The number of likely N-dealkylation sites (tertiary alicyclic amines) is 1. The highest BCUT2D eigenvalue weighted by Crippen LogP contribution is 2.26. The molecule has 2 fully saturated rings. The van der Waals surface area contributed by atoms with Crippen LogP contribution in [0.2, 0.25) is 0 Å². The summed E-state index contributed by atoms with van der Waals surface area (Å²) in [5.74, 6) is 0.484. The molecule has 5 rings (SSSR count). The Bertz CT molecular complexity index is 1030. The molecule has 4 heteroatoms. The number of aromatic nitrogens is 1. The zero-order valence-electron chi connectivity index (χ0n) is 19.0. The van der Waals surface area contributed by atoms with Crippen molar-refractivity contribution in [3.8, 4) is 0 Å². The molecule has 1 aliphatic heterocycles. The van der Waals surface area contributed by atoms with Crippen LogP contribution in [0.25, 0.3) is 10.9 Å². The fourth-order valence-corrected chi connectivity index (χ4v) is 5.50. The van der Waals surface area contributed by atoms with Crippen molar-refractivity contribution in [3.63, 3.8) is 0 Å². The van der Waals surface area contributed by atoms with Gasteiger partial charge < -0.3 is 9.88 Å². The zero-order chi connectivity index (χ0) is 21.8. The van der Waals surface area contributed by atoms with E-state index < -0.39 is 0 Å². The minimum atomic E-state index is 0.184. The van der Waals surface area contributed by atoms with Crippen LogP contribution in [0.5, 0.6) is 0 Å². The molecule has 2 aromatic carbocycles. The van der Waals surface area contributed by atoms with Crippen molar-refractivity contribution < 1.29 is 4.79 Å². The molecule has 2 aliphatic rings. The number of amides is 1. The van der Waals surface area contributed by atoms with E-state index in [4.69, 9.17) is 0 Å². The van der Waals surface area contributed by atoms with Crippen LogP contribution in [0, 0.1) is 5.92 Å². The number of piperidine rings is 1. The van der Waals surface area contributed by atoms with Gasteiger partial charge in [-0.15, -0.1) is 0 Å². The molecule has 1 aliphatic carbocycles. The molecule has 1 N–H and O–H groups in total. The van der Waals surface area contributed by atoms with Crippen molar-refractivity contribution >= 4 is 16.8 Å². The van der Waals surface area contributed by atoms with Crippen molar-refractivity contribution in [1.29, 1.82) is 0 Å². The Morgan fingerprint density at radius 1 is 0.844 bits per heavy atom. The number of fused-ring (bicyclic) bond motifs is 1. The summed E-state index contributed by atoms with van der Waals surface area (Å²) in [6.45, 7) is 3.83. The van der Waals surface area contributed by atoms with Crippen LogP contribution < -0.4 is 5.32 Å². The summed E-state index contributed by atoms with van der Waals surface area (Å²) in [6, 6.07) is 22.2. The van der Waals surface area contributed by atoms with E-state index in [9.17, 15) is 4.79 Å². The molecule has 0 atom stereocenters. The first-order valence-electron chi connectivity index (χ1n) is 12.4. The fourth-order valence-electron chi connectivity index (χ4n) is 5.50. The van der Waals surface area contributed by atoms with E-state index >= 15 is 0 Å². The Hall–Kier alpha value is -2.59. The Kier molecular flexibility index (Phi) is 6.59. The van der Waals surface area contributed by atoms with Crippen molar-refractivity contribution in [2.45, 2.75) is 64.1 Å². The van der Waals surface area contributed by atoms with Gasteiger partial charge in [-0.1, -0.05) is 67.8 Å². The SMILES string of the molecule is O=C(NC1CCCCC1)C1CCN(Cc2cc3ccccc3n2Cc2ccccc2)CC1. The Morgan fingerprint density at radius 3 is 2.34 bits per heavy atom. The third-order valence-electron chi connectivity index (χ3n) is 7.38. The van der Waals surface area contributed by atoms with Crippen LogP contribution in [-0.2, 0) is 17.9 Å². The van der Waals surface area contributed by atoms with Crippen LogP contribution in [0.1, 0.15) is 56.2 Å². The number of rotatable bonds is 6. The third kappa shape index (κ3) is 4.91. The molecule has 0 radical (unpaired) electrons. The predicted molar refractivity (Wildman–Crippen MR) is 130 cm³/mol. The molecule has 1 aromatic heterocycles. The van der Waals surface area contributed by atoms with Gasteiger partial charge in [0.05, 0.1) is 0 Å². The normalized spacial score (nSPS) is 18.8. The molecule has 1 saturated carbocycles. The molecule has 1 amide bonds. The summed E-state index contributed by atoms with van der Waals surface area (Å²) < 4.78 is 2.46. The first-order chi connectivity index (χ1) is 15.8. The molecule has 2 heterocycles. The van der Waals surface area contributed by atoms with Crippen LogP contribution in [0.15, 0.2) is 60.7 Å². The first kappa shape index (κ1) is 21.3. The summed E-state index contributed by atoms with van der Waals surface area (Å²) in [7, 11) is 0. The third-order valence-corrected chi connectivity index (χ3v) is 7.38. The number of nitrogens with zero attached hydrogens (tertiary/aromatic N) is 2. The number of hydrogen-bond acceptors (Lipinski definition) is 2. The Morgan fingerprint density at radius 2 is 1.56 bits per heavy atom. The maximum absolute atomic E-state index is 12.8. The van der Waals surface area contributed by atoms with Crippen LogP contribution in [-0.4, -0.2) is 34.5 Å². The van der Waals surface area contributed by atoms with Crippen molar-refractivity contribution in [1.82, 2.24) is 14.8 Å². The van der Waals surface area contributed by atoms with Gasteiger partial charge in [-0.3, -0.25) is 9.69 Å². The minimum Gasteiger partial charge on any atom is -0.353 e. The lowest BCUT2D eigenvalue weighted by atomic mass is 9.92. The van der Waals surface area contributed by atoms with Gasteiger partial charge in [0.15, 0.2) is 0 Å². The molecule has 0 bridgehead atoms. The summed E-state index contributed by atoms with van der Waals surface area (Å²) in [4.78, 5) is 15.3. The highest BCUT2D eigenvalue weighted by molar-refractivity contribution is 5.81. The van der Waals surface area contributed by atoms with Gasteiger partial charge in [0.25, 0.3) is 0 Å². The molecule has 0 unspecified atom stereocenters. The van der Waals surface area contributed by atoms with Crippen molar-refractivity contribution in [2.75, 3.05) is 13.1 Å². The molecular weight excluding hydrogens is 394 g/mol. The smallest absolute Gasteiger partial charge is 0.223 e. The highest BCUT2D eigenvalue weighted by Gasteiger charge is 2.27. The van der Waals surface area contributed by atoms with Crippen LogP contribution in [0.3, 0.4) is 0 Å². The predicted octanol–water partition coefficient (Wildman–Crippen LogP) is 5.35. The molecule has 32 heavy (non-hydrogen) atoms. The van der Waals surface area contributed by atoms with Crippen molar-refractivity contribution in [3.05, 3.63) is 71.9 Å². The second-order valence-electron chi connectivity index (χ2n) is 9.66. The lowest BCUT2D eigenvalue weighted by molar-refractivity contribution is -0.127.